The first-order valence-electron chi connectivity index (χ1n) is 9.42. The molecule has 0 unspecified atom stereocenters. The van der Waals surface area contributed by atoms with Gasteiger partial charge in [-0.1, -0.05) is 19.1 Å². The van der Waals surface area contributed by atoms with Crippen LogP contribution in [-0.4, -0.2) is 26.1 Å². The minimum atomic E-state index is 0.0420. The van der Waals surface area contributed by atoms with Gasteiger partial charge in [-0.05, 0) is 67.1 Å². The number of hydrogen-bond donors (Lipinski definition) is 1. The first-order valence-corrected chi connectivity index (χ1v) is 9.42. The molecule has 1 fully saturated rings. The number of rotatable bonds is 6. The van der Waals surface area contributed by atoms with E-state index < -0.39 is 0 Å². The molecular weight excluding hydrogens is 324 g/mol. The third-order valence-electron chi connectivity index (χ3n) is 5.10. The largest absolute Gasteiger partial charge is 0.497 e. The molecule has 1 N–H and O–H groups in total. The second-order valence-electron chi connectivity index (χ2n) is 7.11. The summed E-state index contributed by atoms with van der Waals surface area (Å²) in [6.07, 6.45) is 3.70. The Balaban J connectivity index is 1.47. The van der Waals surface area contributed by atoms with E-state index in [4.69, 9.17) is 4.74 Å². The third kappa shape index (κ3) is 5.01. The van der Waals surface area contributed by atoms with E-state index >= 15 is 0 Å². The molecule has 0 spiro atoms. The Morgan fingerprint density at radius 2 is 1.73 bits per heavy atom. The molecule has 3 rings (SSSR count). The summed E-state index contributed by atoms with van der Waals surface area (Å²) in [6, 6.07) is 16.1. The lowest BCUT2D eigenvalue weighted by Gasteiger charge is -2.32. The third-order valence-corrected chi connectivity index (χ3v) is 5.10. The van der Waals surface area contributed by atoms with E-state index in [0.29, 0.717) is 6.42 Å². The zero-order valence-corrected chi connectivity index (χ0v) is 15.7. The molecule has 0 aromatic heterocycles. The van der Waals surface area contributed by atoms with Gasteiger partial charge < -0.3 is 15.0 Å². The zero-order chi connectivity index (χ0) is 18.4. The van der Waals surface area contributed by atoms with Crippen LogP contribution in [0.25, 0.3) is 0 Å². The Hall–Kier alpha value is -2.49. The van der Waals surface area contributed by atoms with Crippen LogP contribution >= 0.6 is 0 Å². The second-order valence-corrected chi connectivity index (χ2v) is 7.11. The average molecular weight is 352 g/mol. The Morgan fingerprint density at radius 1 is 1.08 bits per heavy atom. The number of benzene rings is 2. The second kappa shape index (κ2) is 8.75. The highest BCUT2D eigenvalue weighted by molar-refractivity contribution is 5.91. The molecule has 4 heteroatoms. The number of piperidine rings is 1. The summed E-state index contributed by atoms with van der Waals surface area (Å²) in [7, 11) is 1.65. The smallest absolute Gasteiger partial charge is 0.224 e. The highest BCUT2D eigenvalue weighted by atomic mass is 16.5. The highest BCUT2D eigenvalue weighted by Crippen LogP contribution is 2.24. The molecule has 1 aliphatic heterocycles. The molecular formula is C22H28N2O2. The van der Waals surface area contributed by atoms with Gasteiger partial charge in [0.15, 0.2) is 0 Å². The van der Waals surface area contributed by atoms with Crippen LogP contribution in [0.3, 0.4) is 0 Å². The van der Waals surface area contributed by atoms with Crippen molar-refractivity contribution in [3.63, 3.8) is 0 Å². The van der Waals surface area contributed by atoms with Gasteiger partial charge in [0, 0.05) is 30.9 Å². The maximum Gasteiger partial charge on any atom is 0.224 e. The Kier molecular flexibility index (Phi) is 6.16. The minimum Gasteiger partial charge on any atom is -0.497 e. The number of amides is 1. The molecule has 0 bridgehead atoms. The summed E-state index contributed by atoms with van der Waals surface area (Å²) >= 11 is 0. The van der Waals surface area contributed by atoms with Crippen molar-refractivity contribution in [2.45, 2.75) is 32.6 Å². The predicted molar refractivity (Wildman–Crippen MR) is 107 cm³/mol. The van der Waals surface area contributed by atoms with Crippen LogP contribution in [0.1, 0.15) is 31.7 Å². The molecule has 1 amide bonds. The average Bonchev–Trinajstić information content (AvgIpc) is 2.68. The fraction of sp³-hybridized carbons (Fsp3) is 0.409. The summed E-state index contributed by atoms with van der Waals surface area (Å²) in [5.74, 6) is 1.71. The number of carbonyl (C=O) groups excluding carboxylic acids is 1. The lowest BCUT2D eigenvalue weighted by atomic mass is 9.99. The molecule has 0 radical (unpaired) electrons. The fourth-order valence-corrected chi connectivity index (χ4v) is 3.30. The fourth-order valence-electron chi connectivity index (χ4n) is 3.30. The van der Waals surface area contributed by atoms with Crippen molar-refractivity contribution < 1.29 is 9.53 Å². The molecule has 1 saturated heterocycles. The predicted octanol–water partition coefficient (Wildman–Crippen LogP) is 4.50. The van der Waals surface area contributed by atoms with Gasteiger partial charge in [-0.2, -0.15) is 0 Å². The topological polar surface area (TPSA) is 41.6 Å². The Bertz CT molecular complexity index is 702. The number of aryl methyl sites for hydroxylation is 1. The standard InChI is InChI=1S/C22H28N2O2/c1-17-13-15-24(16-14-17)20-8-6-19(7-9-20)23-22(25)12-5-18-3-10-21(26-2)11-4-18/h3-4,6-11,17H,5,12-16H2,1-2H3,(H,23,25). The normalized spacial score (nSPS) is 14.9. The number of ether oxygens (including phenoxy) is 1. The monoisotopic (exact) mass is 352 g/mol. The van der Waals surface area contributed by atoms with Crippen LogP contribution in [0.4, 0.5) is 11.4 Å². The molecule has 1 heterocycles. The van der Waals surface area contributed by atoms with Crippen LogP contribution < -0.4 is 15.0 Å². The van der Waals surface area contributed by atoms with E-state index in [1.54, 1.807) is 7.11 Å². The van der Waals surface area contributed by atoms with Gasteiger partial charge in [-0.15, -0.1) is 0 Å². The number of methoxy groups -OCH3 is 1. The Morgan fingerprint density at radius 3 is 2.35 bits per heavy atom. The molecule has 2 aromatic rings. The summed E-state index contributed by atoms with van der Waals surface area (Å²) in [6.45, 7) is 4.56. The van der Waals surface area contributed by atoms with E-state index in [1.807, 2.05) is 36.4 Å². The van der Waals surface area contributed by atoms with Gasteiger partial charge in [0.05, 0.1) is 7.11 Å². The lowest BCUT2D eigenvalue weighted by Crippen LogP contribution is -2.32. The molecule has 0 atom stereocenters. The van der Waals surface area contributed by atoms with Crippen LogP contribution in [-0.2, 0) is 11.2 Å². The van der Waals surface area contributed by atoms with Crippen molar-refractivity contribution >= 4 is 17.3 Å². The van der Waals surface area contributed by atoms with Gasteiger partial charge in [0.1, 0.15) is 5.75 Å². The molecule has 138 valence electrons. The zero-order valence-electron chi connectivity index (χ0n) is 15.7. The molecule has 1 aliphatic rings. The van der Waals surface area contributed by atoms with E-state index in [2.05, 4.69) is 29.3 Å². The summed E-state index contributed by atoms with van der Waals surface area (Å²) in [5.41, 5.74) is 3.24. The number of hydrogen-bond acceptors (Lipinski definition) is 3. The number of nitrogens with one attached hydrogen (secondary N) is 1. The number of carbonyl (C=O) groups is 1. The first-order chi connectivity index (χ1) is 12.6. The summed E-state index contributed by atoms with van der Waals surface area (Å²) in [5, 5.41) is 2.99. The van der Waals surface area contributed by atoms with Crippen LogP contribution in [0.15, 0.2) is 48.5 Å². The molecule has 2 aromatic carbocycles. The van der Waals surface area contributed by atoms with Gasteiger partial charge in [-0.3, -0.25) is 4.79 Å². The number of nitrogens with zero attached hydrogens (tertiary/aromatic N) is 1. The van der Waals surface area contributed by atoms with E-state index in [0.717, 1.165) is 42.4 Å². The van der Waals surface area contributed by atoms with Crippen molar-refractivity contribution in [1.29, 1.82) is 0 Å². The van der Waals surface area contributed by atoms with Crippen LogP contribution in [0.5, 0.6) is 5.75 Å². The minimum absolute atomic E-state index is 0.0420. The van der Waals surface area contributed by atoms with Crippen molar-refractivity contribution in [3.8, 4) is 5.75 Å². The quantitative estimate of drug-likeness (QED) is 0.832. The molecule has 26 heavy (non-hydrogen) atoms. The maximum absolute atomic E-state index is 12.2. The Labute approximate surface area is 156 Å². The SMILES string of the molecule is COc1ccc(CCC(=O)Nc2ccc(N3CCC(C)CC3)cc2)cc1. The van der Waals surface area contributed by atoms with E-state index in [9.17, 15) is 4.79 Å². The van der Waals surface area contributed by atoms with Gasteiger partial charge >= 0.3 is 0 Å². The lowest BCUT2D eigenvalue weighted by molar-refractivity contribution is -0.116. The number of anilines is 2. The van der Waals surface area contributed by atoms with Crippen LogP contribution in [0, 0.1) is 5.92 Å². The highest BCUT2D eigenvalue weighted by Gasteiger charge is 2.15. The molecule has 0 saturated carbocycles. The summed E-state index contributed by atoms with van der Waals surface area (Å²) in [4.78, 5) is 14.6. The van der Waals surface area contributed by atoms with Crippen molar-refractivity contribution in [3.05, 3.63) is 54.1 Å². The van der Waals surface area contributed by atoms with E-state index in [-0.39, 0.29) is 5.91 Å². The van der Waals surface area contributed by atoms with E-state index in [1.165, 1.54) is 18.5 Å². The van der Waals surface area contributed by atoms with Gasteiger partial charge in [0.25, 0.3) is 0 Å². The maximum atomic E-state index is 12.2. The molecule has 0 aliphatic carbocycles. The van der Waals surface area contributed by atoms with Gasteiger partial charge in [-0.25, -0.2) is 0 Å². The van der Waals surface area contributed by atoms with Crippen molar-refractivity contribution in [2.75, 3.05) is 30.4 Å². The van der Waals surface area contributed by atoms with Crippen molar-refractivity contribution in [2.24, 2.45) is 5.92 Å². The van der Waals surface area contributed by atoms with Crippen molar-refractivity contribution in [1.82, 2.24) is 0 Å². The van der Waals surface area contributed by atoms with Gasteiger partial charge in [0.2, 0.25) is 5.91 Å². The molecule has 4 nitrogen and oxygen atoms in total. The summed E-state index contributed by atoms with van der Waals surface area (Å²) < 4.78 is 5.15. The van der Waals surface area contributed by atoms with Crippen LogP contribution in [0.2, 0.25) is 0 Å². The first kappa shape index (κ1) is 18.3.